The Morgan fingerprint density at radius 3 is 2.45 bits per heavy atom. The number of rotatable bonds is 3. The third-order valence-corrected chi connectivity index (χ3v) is 1.75. The van der Waals surface area contributed by atoms with Gasteiger partial charge in [0.25, 0.3) is 0 Å². The van der Waals surface area contributed by atoms with Gasteiger partial charge in [-0.3, -0.25) is 0 Å². The minimum Gasteiger partial charge on any atom is -0.136 e. The highest BCUT2D eigenvalue weighted by atomic mass is 14.6. The molecular formula is C10H13N. The summed E-state index contributed by atoms with van der Waals surface area (Å²) in [4.78, 5) is 0. The zero-order valence-corrected chi connectivity index (χ0v) is 6.83. The van der Waals surface area contributed by atoms with E-state index in [1.165, 1.54) is 0 Å². The van der Waals surface area contributed by atoms with Crippen molar-refractivity contribution in [3.05, 3.63) is 35.9 Å². The van der Waals surface area contributed by atoms with Gasteiger partial charge in [-0.15, -0.1) is 5.73 Å². The van der Waals surface area contributed by atoms with Crippen LogP contribution >= 0.6 is 0 Å². The van der Waals surface area contributed by atoms with Crippen molar-refractivity contribution in [2.45, 2.75) is 25.8 Å². The second-order valence-corrected chi connectivity index (χ2v) is 2.72. The molecule has 1 heteroatoms. The third kappa shape index (κ3) is 2.35. The Kier molecular flexibility index (Phi) is 3.12. The van der Waals surface area contributed by atoms with E-state index >= 15 is 0 Å². The average Bonchev–Trinajstić information content (AvgIpc) is 2.07. The second kappa shape index (κ2) is 4.14. The van der Waals surface area contributed by atoms with Gasteiger partial charge in [0.2, 0.25) is 0 Å². The highest BCUT2D eigenvalue weighted by Gasteiger charge is 2.04. The molecule has 1 atom stereocenters. The van der Waals surface area contributed by atoms with E-state index in [2.05, 4.69) is 6.92 Å². The fraction of sp³-hybridized carbons (Fsp3) is 0.400. The van der Waals surface area contributed by atoms with Crippen LogP contribution in [0, 0.1) is 0 Å². The Hall–Kier alpha value is -0.820. The lowest BCUT2D eigenvalue weighted by Crippen LogP contribution is -1.97. The molecule has 0 fully saturated rings. The standard InChI is InChI=1S/C10H13N/c1-2-6-10(11)9-7-4-3-5-8-9/h3-5,7-8,10H,2,6H2,1H3. The Morgan fingerprint density at radius 1 is 1.27 bits per heavy atom. The van der Waals surface area contributed by atoms with Crippen LogP contribution in [0.25, 0.3) is 0 Å². The summed E-state index contributed by atoms with van der Waals surface area (Å²) in [5.41, 5.74) is 10.5. The Labute approximate surface area is 68.2 Å². The second-order valence-electron chi connectivity index (χ2n) is 2.72. The molecule has 2 radical (unpaired) electrons. The molecule has 0 aliphatic rings. The van der Waals surface area contributed by atoms with Gasteiger partial charge in [-0.05, 0) is 12.0 Å². The molecule has 1 aromatic rings. The molecule has 0 saturated carbocycles. The van der Waals surface area contributed by atoms with Crippen molar-refractivity contribution in [3.8, 4) is 0 Å². The molecule has 0 bridgehead atoms. The van der Waals surface area contributed by atoms with Crippen LogP contribution in [0.1, 0.15) is 31.4 Å². The molecule has 1 unspecified atom stereocenters. The van der Waals surface area contributed by atoms with Crippen LogP contribution in [0.5, 0.6) is 0 Å². The summed E-state index contributed by atoms with van der Waals surface area (Å²) in [6.45, 7) is 2.08. The molecule has 1 nitrogen and oxygen atoms in total. The van der Waals surface area contributed by atoms with E-state index < -0.39 is 0 Å². The van der Waals surface area contributed by atoms with Gasteiger partial charge in [-0.1, -0.05) is 43.7 Å². The van der Waals surface area contributed by atoms with E-state index in [9.17, 15) is 5.73 Å². The summed E-state index contributed by atoms with van der Waals surface area (Å²) in [5.74, 6) is 0. The monoisotopic (exact) mass is 147 g/mol. The molecule has 0 aliphatic heterocycles. The maximum absolute atomic E-state index is 9.52. The van der Waals surface area contributed by atoms with E-state index in [4.69, 9.17) is 0 Å². The lowest BCUT2D eigenvalue weighted by atomic mass is 10.0. The van der Waals surface area contributed by atoms with Crippen LogP contribution in [0.4, 0.5) is 0 Å². The van der Waals surface area contributed by atoms with Gasteiger partial charge in [0.1, 0.15) is 0 Å². The average molecular weight is 147 g/mol. The first-order valence-corrected chi connectivity index (χ1v) is 4.07. The van der Waals surface area contributed by atoms with E-state index in [1.807, 2.05) is 30.3 Å². The van der Waals surface area contributed by atoms with Crippen LogP contribution in [-0.4, -0.2) is 0 Å². The van der Waals surface area contributed by atoms with E-state index in [1.54, 1.807) is 0 Å². The van der Waals surface area contributed by atoms with Crippen molar-refractivity contribution in [2.75, 3.05) is 0 Å². The first-order chi connectivity index (χ1) is 5.34. The number of nitrogens with zero attached hydrogens (tertiary/aromatic N) is 1. The first kappa shape index (κ1) is 8.28. The van der Waals surface area contributed by atoms with Crippen molar-refractivity contribution in [1.29, 1.82) is 0 Å². The molecule has 0 amide bonds. The molecule has 1 aromatic carbocycles. The quantitative estimate of drug-likeness (QED) is 0.627. The van der Waals surface area contributed by atoms with Gasteiger partial charge in [0, 0.05) is 0 Å². The van der Waals surface area contributed by atoms with E-state index in [0.29, 0.717) is 0 Å². The van der Waals surface area contributed by atoms with Gasteiger partial charge >= 0.3 is 0 Å². The predicted molar refractivity (Wildman–Crippen MR) is 46.2 cm³/mol. The summed E-state index contributed by atoms with van der Waals surface area (Å²) in [6.07, 6.45) is 1.88. The molecule has 0 aromatic heterocycles. The zero-order valence-electron chi connectivity index (χ0n) is 6.83. The summed E-state index contributed by atoms with van der Waals surface area (Å²) >= 11 is 0. The van der Waals surface area contributed by atoms with Crippen LogP contribution in [0.15, 0.2) is 30.3 Å². The maximum atomic E-state index is 9.52. The smallest absolute Gasteiger partial charge is 0.0683 e. The van der Waals surface area contributed by atoms with E-state index in [-0.39, 0.29) is 6.04 Å². The summed E-state index contributed by atoms with van der Waals surface area (Å²) < 4.78 is 0. The minimum atomic E-state index is -0.277. The van der Waals surface area contributed by atoms with Gasteiger partial charge in [0.05, 0.1) is 6.04 Å². The third-order valence-electron chi connectivity index (χ3n) is 1.75. The maximum Gasteiger partial charge on any atom is 0.0683 e. The number of benzene rings is 1. The lowest BCUT2D eigenvalue weighted by Gasteiger charge is -2.06. The van der Waals surface area contributed by atoms with Crippen LogP contribution in [0.3, 0.4) is 0 Å². The fourth-order valence-electron chi connectivity index (χ4n) is 1.12. The molecule has 0 N–H and O–H groups in total. The van der Waals surface area contributed by atoms with Gasteiger partial charge < -0.3 is 0 Å². The normalized spacial score (nSPS) is 12.9. The molecule has 58 valence electrons. The van der Waals surface area contributed by atoms with Gasteiger partial charge in [0.15, 0.2) is 0 Å². The highest BCUT2D eigenvalue weighted by molar-refractivity contribution is 5.17. The number of hydrogen-bond acceptors (Lipinski definition) is 0. The molecule has 0 saturated heterocycles. The Balaban J connectivity index is 2.61. The van der Waals surface area contributed by atoms with Gasteiger partial charge in [-0.2, -0.15) is 0 Å². The highest BCUT2D eigenvalue weighted by Crippen LogP contribution is 2.15. The Bertz CT molecular complexity index is 193. The SMILES string of the molecule is CCCC([N])c1ccccc1. The summed E-state index contributed by atoms with van der Waals surface area (Å²) in [6, 6.07) is 9.51. The van der Waals surface area contributed by atoms with Crippen molar-refractivity contribution in [1.82, 2.24) is 5.73 Å². The van der Waals surface area contributed by atoms with Gasteiger partial charge in [-0.25, -0.2) is 0 Å². The fourth-order valence-corrected chi connectivity index (χ4v) is 1.12. The minimum absolute atomic E-state index is 0.277. The lowest BCUT2D eigenvalue weighted by molar-refractivity contribution is 0.621. The topological polar surface area (TPSA) is 22.3 Å². The molecular weight excluding hydrogens is 134 g/mol. The van der Waals surface area contributed by atoms with Crippen LogP contribution < -0.4 is 5.73 Å². The molecule has 1 rings (SSSR count). The molecule has 0 heterocycles. The molecule has 0 spiro atoms. The van der Waals surface area contributed by atoms with E-state index in [0.717, 1.165) is 18.4 Å². The molecule has 0 aliphatic carbocycles. The van der Waals surface area contributed by atoms with Crippen molar-refractivity contribution < 1.29 is 0 Å². The first-order valence-electron chi connectivity index (χ1n) is 4.07. The van der Waals surface area contributed by atoms with Crippen LogP contribution in [-0.2, 0) is 0 Å². The van der Waals surface area contributed by atoms with Crippen molar-refractivity contribution in [3.63, 3.8) is 0 Å². The predicted octanol–water partition coefficient (Wildman–Crippen LogP) is 2.60. The zero-order chi connectivity index (χ0) is 8.10. The molecule has 11 heavy (non-hydrogen) atoms. The van der Waals surface area contributed by atoms with Crippen molar-refractivity contribution >= 4 is 0 Å². The largest absolute Gasteiger partial charge is 0.136 e. The summed E-state index contributed by atoms with van der Waals surface area (Å²) in [7, 11) is 0. The van der Waals surface area contributed by atoms with Crippen molar-refractivity contribution in [2.24, 2.45) is 0 Å². The Morgan fingerprint density at radius 2 is 1.91 bits per heavy atom. The summed E-state index contributed by atoms with van der Waals surface area (Å²) in [5, 5.41) is 0. The number of hydrogen-bond donors (Lipinski definition) is 0. The van der Waals surface area contributed by atoms with Crippen LogP contribution in [0.2, 0.25) is 0 Å².